The van der Waals surface area contributed by atoms with Gasteiger partial charge in [-0.3, -0.25) is 9.59 Å². The van der Waals surface area contributed by atoms with Crippen molar-refractivity contribution in [3.63, 3.8) is 0 Å². The van der Waals surface area contributed by atoms with Gasteiger partial charge in [-0.25, -0.2) is 0 Å². The number of nitrogens with two attached hydrogens (primary N) is 1. The molecule has 16 heavy (non-hydrogen) atoms. The van der Waals surface area contributed by atoms with Gasteiger partial charge in [0.15, 0.2) is 0 Å². The lowest BCUT2D eigenvalue weighted by atomic mass is 10.0. The molecule has 5 heteroatoms. The molecule has 0 aliphatic heterocycles. The minimum Gasteiger partial charge on any atom is -0.481 e. The summed E-state index contributed by atoms with van der Waals surface area (Å²) in [7, 11) is 0. The number of nitrogens with one attached hydrogen (secondary N) is 1. The maximum Gasteiger partial charge on any atom is 0.303 e. The van der Waals surface area contributed by atoms with Crippen LogP contribution in [0.4, 0.5) is 0 Å². The topological polar surface area (TPSA) is 92.4 Å². The molecule has 0 aromatic rings. The number of carbonyl (C=O) groups excluding carboxylic acids is 1. The second-order valence-corrected chi connectivity index (χ2v) is 4.68. The molecule has 0 spiro atoms. The Bertz CT molecular complexity index is 241. The summed E-state index contributed by atoms with van der Waals surface area (Å²) in [5.74, 6) is -0.760. The van der Waals surface area contributed by atoms with Crippen molar-refractivity contribution >= 4 is 11.9 Å². The van der Waals surface area contributed by atoms with E-state index in [1.807, 2.05) is 13.8 Å². The zero-order valence-electron chi connectivity index (χ0n) is 10.2. The summed E-state index contributed by atoms with van der Waals surface area (Å²) in [5, 5.41) is 11.2. The molecule has 0 radical (unpaired) electrons. The highest BCUT2D eigenvalue weighted by atomic mass is 16.4. The third kappa shape index (κ3) is 7.23. The minimum atomic E-state index is -0.853. The largest absolute Gasteiger partial charge is 0.481 e. The highest BCUT2D eigenvalue weighted by Gasteiger charge is 2.16. The van der Waals surface area contributed by atoms with Gasteiger partial charge in [-0.05, 0) is 18.3 Å². The second kappa shape index (κ2) is 7.22. The number of carboxylic acids is 1. The molecule has 0 aromatic carbocycles. The predicted octanol–water partition coefficient (Wildman–Crippen LogP) is 0.587. The van der Waals surface area contributed by atoms with Crippen LogP contribution < -0.4 is 11.1 Å². The number of hydrogen-bond acceptors (Lipinski definition) is 3. The summed E-state index contributed by atoms with van der Waals surface area (Å²) < 4.78 is 0. The highest BCUT2D eigenvalue weighted by molar-refractivity contribution is 5.81. The number of carboxylic acid groups (broad SMARTS) is 1. The number of rotatable bonds is 7. The Hall–Kier alpha value is -1.10. The number of amides is 1. The average Bonchev–Trinajstić information content (AvgIpc) is 2.11. The number of carbonyl (C=O) groups is 2. The van der Waals surface area contributed by atoms with Crippen LogP contribution in [0.15, 0.2) is 0 Å². The van der Waals surface area contributed by atoms with Gasteiger partial charge in [0.05, 0.1) is 6.04 Å². The molecule has 2 unspecified atom stereocenters. The van der Waals surface area contributed by atoms with Gasteiger partial charge >= 0.3 is 5.97 Å². The first-order valence-electron chi connectivity index (χ1n) is 5.58. The van der Waals surface area contributed by atoms with Gasteiger partial charge in [-0.1, -0.05) is 20.8 Å². The average molecular weight is 230 g/mol. The van der Waals surface area contributed by atoms with Gasteiger partial charge in [0.2, 0.25) is 5.91 Å². The Morgan fingerprint density at radius 1 is 1.31 bits per heavy atom. The van der Waals surface area contributed by atoms with Crippen LogP contribution in [-0.4, -0.2) is 29.6 Å². The summed E-state index contributed by atoms with van der Waals surface area (Å²) in [6.45, 7) is 6.14. The van der Waals surface area contributed by atoms with E-state index < -0.39 is 12.0 Å². The smallest absolute Gasteiger partial charge is 0.303 e. The molecular weight excluding hydrogens is 208 g/mol. The zero-order valence-corrected chi connectivity index (χ0v) is 10.2. The third-order valence-corrected chi connectivity index (χ3v) is 2.21. The second-order valence-electron chi connectivity index (χ2n) is 4.68. The minimum absolute atomic E-state index is 0.0553. The van der Waals surface area contributed by atoms with Gasteiger partial charge in [-0.15, -0.1) is 0 Å². The SMILES string of the molecule is CC(C)CC(N)C(=O)NCC(C)CC(=O)O. The highest BCUT2D eigenvalue weighted by Crippen LogP contribution is 2.03. The van der Waals surface area contributed by atoms with Crippen molar-refractivity contribution in [1.29, 1.82) is 0 Å². The van der Waals surface area contributed by atoms with Crippen LogP contribution in [0.5, 0.6) is 0 Å². The molecule has 1 amide bonds. The van der Waals surface area contributed by atoms with Crippen LogP contribution in [0.25, 0.3) is 0 Å². The van der Waals surface area contributed by atoms with E-state index in [1.165, 1.54) is 0 Å². The Balaban J connectivity index is 3.83. The summed E-state index contributed by atoms with van der Waals surface area (Å²) in [6.07, 6.45) is 0.693. The maximum absolute atomic E-state index is 11.5. The lowest BCUT2D eigenvalue weighted by Gasteiger charge is -2.16. The van der Waals surface area contributed by atoms with E-state index >= 15 is 0 Å². The Kier molecular flexibility index (Phi) is 6.72. The van der Waals surface area contributed by atoms with E-state index in [-0.39, 0.29) is 18.2 Å². The molecule has 4 N–H and O–H groups in total. The molecule has 0 fully saturated rings. The van der Waals surface area contributed by atoms with Crippen LogP contribution in [0.3, 0.4) is 0 Å². The van der Waals surface area contributed by atoms with Crippen molar-refractivity contribution in [3.05, 3.63) is 0 Å². The molecule has 94 valence electrons. The van der Waals surface area contributed by atoms with Crippen molar-refractivity contribution in [2.75, 3.05) is 6.54 Å². The van der Waals surface area contributed by atoms with E-state index in [9.17, 15) is 9.59 Å². The monoisotopic (exact) mass is 230 g/mol. The van der Waals surface area contributed by atoms with Crippen molar-refractivity contribution in [2.45, 2.75) is 39.7 Å². The lowest BCUT2D eigenvalue weighted by molar-refractivity contribution is -0.138. The molecule has 0 rings (SSSR count). The number of hydrogen-bond donors (Lipinski definition) is 3. The first-order chi connectivity index (χ1) is 7.32. The van der Waals surface area contributed by atoms with Crippen LogP contribution in [0, 0.1) is 11.8 Å². The Labute approximate surface area is 96.4 Å². The van der Waals surface area contributed by atoms with Crippen molar-refractivity contribution < 1.29 is 14.7 Å². The quantitative estimate of drug-likeness (QED) is 0.596. The molecule has 0 heterocycles. The van der Waals surface area contributed by atoms with Crippen LogP contribution >= 0.6 is 0 Å². The molecule has 0 saturated heterocycles. The Morgan fingerprint density at radius 2 is 1.88 bits per heavy atom. The molecule has 2 atom stereocenters. The molecule has 0 aliphatic rings. The summed E-state index contributed by atoms with van der Waals surface area (Å²) in [5.41, 5.74) is 5.68. The van der Waals surface area contributed by atoms with Gasteiger partial charge in [0.1, 0.15) is 0 Å². The van der Waals surface area contributed by atoms with E-state index in [2.05, 4.69) is 5.32 Å². The first kappa shape index (κ1) is 14.9. The predicted molar refractivity (Wildman–Crippen MR) is 61.9 cm³/mol. The van der Waals surface area contributed by atoms with Gasteiger partial charge in [0.25, 0.3) is 0 Å². The van der Waals surface area contributed by atoms with Crippen molar-refractivity contribution in [2.24, 2.45) is 17.6 Å². The first-order valence-corrected chi connectivity index (χ1v) is 5.58. The van der Waals surface area contributed by atoms with Gasteiger partial charge in [0, 0.05) is 13.0 Å². The zero-order chi connectivity index (χ0) is 12.7. The fourth-order valence-electron chi connectivity index (χ4n) is 1.39. The summed E-state index contributed by atoms with van der Waals surface area (Å²) in [4.78, 5) is 21.9. The van der Waals surface area contributed by atoms with E-state index in [0.29, 0.717) is 18.9 Å². The fraction of sp³-hybridized carbons (Fsp3) is 0.818. The third-order valence-electron chi connectivity index (χ3n) is 2.21. The summed E-state index contributed by atoms with van der Waals surface area (Å²) in [6, 6.07) is -0.503. The fourth-order valence-corrected chi connectivity index (χ4v) is 1.39. The molecular formula is C11H22N2O3. The van der Waals surface area contributed by atoms with Gasteiger partial charge < -0.3 is 16.2 Å². The molecule has 5 nitrogen and oxygen atoms in total. The van der Waals surface area contributed by atoms with Crippen LogP contribution in [0.2, 0.25) is 0 Å². The lowest BCUT2D eigenvalue weighted by Crippen LogP contribution is -2.43. The van der Waals surface area contributed by atoms with Gasteiger partial charge in [-0.2, -0.15) is 0 Å². The van der Waals surface area contributed by atoms with E-state index in [1.54, 1.807) is 6.92 Å². The van der Waals surface area contributed by atoms with Crippen LogP contribution in [-0.2, 0) is 9.59 Å². The number of aliphatic carboxylic acids is 1. The molecule has 0 bridgehead atoms. The summed E-state index contributed by atoms with van der Waals surface area (Å²) >= 11 is 0. The normalized spacial score (nSPS) is 14.6. The van der Waals surface area contributed by atoms with Crippen molar-refractivity contribution in [3.8, 4) is 0 Å². The van der Waals surface area contributed by atoms with E-state index in [4.69, 9.17) is 10.8 Å². The maximum atomic E-state index is 11.5. The van der Waals surface area contributed by atoms with E-state index in [0.717, 1.165) is 0 Å². The molecule has 0 aromatic heterocycles. The molecule has 0 aliphatic carbocycles. The van der Waals surface area contributed by atoms with Crippen molar-refractivity contribution in [1.82, 2.24) is 5.32 Å². The Morgan fingerprint density at radius 3 is 2.31 bits per heavy atom. The standard InChI is InChI=1S/C11H22N2O3/c1-7(2)4-9(12)11(16)13-6-8(3)5-10(14)15/h7-9H,4-6,12H2,1-3H3,(H,13,16)(H,14,15). The molecule has 0 saturated carbocycles. The van der Waals surface area contributed by atoms with Crippen LogP contribution in [0.1, 0.15) is 33.6 Å².